The van der Waals surface area contributed by atoms with E-state index in [2.05, 4.69) is 10.4 Å². The average Bonchev–Trinajstić information content (AvgIpc) is 3.08. The first-order chi connectivity index (χ1) is 10.6. The second kappa shape index (κ2) is 7.12. The van der Waals surface area contributed by atoms with Crippen molar-refractivity contribution in [3.8, 4) is 0 Å². The van der Waals surface area contributed by atoms with Crippen molar-refractivity contribution in [2.75, 3.05) is 6.54 Å². The molecule has 3 N–H and O–H groups in total. The number of aromatic nitrogens is 2. The lowest BCUT2D eigenvalue weighted by atomic mass is 10.1. The highest BCUT2D eigenvalue weighted by molar-refractivity contribution is 7.20. The second-order valence-electron chi connectivity index (χ2n) is 5.27. The quantitative estimate of drug-likeness (QED) is 0.760. The van der Waals surface area contributed by atoms with E-state index in [1.54, 1.807) is 0 Å². The summed E-state index contributed by atoms with van der Waals surface area (Å²) in [6, 6.07) is 11.4. The average molecular weight is 351 g/mol. The van der Waals surface area contributed by atoms with Gasteiger partial charge in [0.25, 0.3) is 5.91 Å². The van der Waals surface area contributed by atoms with E-state index in [-0.39, 0.29) is 24.4 Å². The van der Waals surface area contributed by atoms with Gasteiger partial charge in [0.1, 0.15) is 4.83 Å². The molecule has 5 nitrogen and oxygen atoms in total. The highest BCUT2D eigenvalue weighted by Gasteiger charge is 2.15. The Morgan fingerprint density at radius 2 is 2.09 bits per heavy atom. The van der Waals surface area contributed by atoms with Gasteiger partial charge in [0.15, 0.2) is 0 Å². The Morgan fingerprint density at radius 1 is 1.39 bits per heavy atom. The van der Waals surface area contributed by atoms with Gasteiger partial charge in [-0.25, -0.2) is 0 Å². The van der Waals surface area contributed by atoms with Crippen LogP contribution in [0.25, 0.3) is 10.2 Å². The lowest BCUT2D eigenvalue weighted by Gasteiger charge is -2.12. The molecule has 7 heteroatoms. The minimum absolute atomic E-state index is 0. The maximum Gasteiger partial charge on any atom is 0.261 e. The number of hydrogen-bond acceptors (Lipinski definition) is 4. The number of benzene rings is 1. The summed E-state index contributed by atoms with van der Waals surface area (Å²) in [4.78, 5) is 14.0. The number of hydrogen-bond donors (Lipinski definition) is 2. The first kappa shape index (κ1) is 17.5. The van der Waals surface area contributed by atoms with Gasteiger partial charge < -0.3 is 11.1 Å². The summed E-state index contributed by atoms with van der Waals surface area (Å²) in [7, 11) is 1.89. The molecule has 0 bridgehead atoms. The van der Waals surface area contributed by atoms with Gasteiger partial charge in [0.05, 0.1) is 10.6 Å². The van der Waals surface area contributed by atoms with Crippen LogP contribution >= 0.6 is 23.7 Å². The smallest absolute Gasteiger partial charge is 0.261 e. The summed E-state index contributed by atoms with van der Waals surface area (Å²) in [6.45, 7) is 2.36. The number of carbonyl (C=O) groups is 1. The molecule has 1 atom stereocenters. The third-order valence-corrected chi connectivity index (χ3v) is 4.83. The molecular weight excluding hydrogens is 332 g/mol. The van der Waals surface area contributed by atoms with Gasteiger partial charge >= 0.3 is 0 Å². The highest BCUT2D eigenvalue weighted by atomic mass is 35.5. The van der Waals surface area contributed by atoms with Gasteiger partial charge in [0, 0.05) is 25.0 Å². The Kier molecular flexibility index (Phi) is 5.41. The molecule has 0 spiro atoms. The summed E-state index contributed by atoms with van der Waals surface area (Å²) in [6.07, 6.45) is 0. The lowest BCUT2D eigenvalue weighted by Crippen LogP contribution is -2.31. The van der Waals surface area contributed by atoms with Gasteiger partial charge in [-0.1, -0.05) is 30.3 Å². The minimum Gasteiger partial charge on any atom is -0.349 e. The van der Waals surface area contributed by atoms with Crippen molar-refractivity contribution in [3.63, 3.8) is 0 Å². The Hall–Kier alpha value is -1.89. The summed E-state index contributed by atoms with van der Waals surface area (Å²) >= 11 is 1.45. The number of rotatable bonds is 4. The van der Waals surface area contributed by atoms with E-state index in [0.717, 1.165) is 21.5 Å². The molecule has 2 aromatic heterocycles. The number of nitrogens with two attached hydrogens (primary N) is 1. The predicted octanol–water partition coefficient (Wildman–Crippen LogP) is 2.79. The first-order valence-corrected chi connectivity index (χ1v) is 7.90. The zero-order chi connectivity index (χ0) is 15.7. The Labute approximate surface area is 144 Å². The topological polar surface area (TPSA) is 72.9 Å². The molecular formula is C16H19ClN4OS. The van der Waals surface area contributed by atoms with Crippen LogP contribution in [0.15, 0.2) is 36.4 Å². The molecule has 0 aliphatic heterocycles. The van der Waals surface area contributed by atoms with E-state index in [1.807, 2.05) is 55.1 Å². The standard InChI is InChI=1S/C16H18N4OS.ClH/c1-10-12-8-14(22-16(12)20(2)19-10)15(21)18-9-13(17)11-6-4-3-5-7-11;/h3-8,13H,9,17H2,1-2H3,(H,18,21);1H/t13-;/m0./s1. The van der Waals surface area contributed by atoms with Crippen LogP contribution in [-0.4, -0.2) is 22.2 Å². The zero-order valence-electron chi connectivity index (χ0n) is 12.9. The van der Waals surface area contributed by atoms with Crippen molar-refractivity contribution >= 4 is 39.9 Å². The number of aryl methyl sites for hydroxylation is 2. The van der Waals surface area contributed by atoms with Crippen LogP contribution in [0.5, 0.6) is 0 Å². The molecule has 23 heavy (non-hydrogen) atoms. The van der Waals surface area contributed by atoms with E-state index in [4.69, 9.17) is 5.73 Å². The molecule has 0 unspecified atom stereocenters. The highest BCUT2D eigenvalue weighted by Crippen LogP contribution is 2.27. The number of fused-ring (bicyclic) bond motifs is 1. The first-order valence-electron chi connectivity index (χ1n) is 7.08. The SMILES string of the molecule is Cc1nn(C)c2sc(C(=O)NC[C@H](N)c3ccccc3)cc12.Cl. The van der Waals surface area contributed by atoms with E-state index in [1.165, 1.54) is 11.3 Å². The number of halogens is 1. The van der Waals surface area contributed by atoms with E-state index in [0.29, 0.717) is 11.4 Å². The van der Waals surface area contributed by atoms with Crippen LogP contribution in [-0.2, 0) is 7.05 Å². The van der Waals surface area contributed by atoms with Crippen molar-refractivity contribution in [1.29, 1.82) is 0 Å². The van der Waals surface area contributed by atoms with Crippen molar-refractivity contribution in [2.24, 2.45) is 12.8 Å². The molecule has 0 saturated heterocycles. The molecule has 0 aliphatic rings. The van der Waals surface area contributed by atoms with Crippen molar-refractivity contribution < 1.29 is 4.79 Å². The lowest BCUT2D eigenvalue weighted by molar-refractivity contribution is 0.0955. The Balaban J connectivity index is 0.00000192. The minimum atomic E-state index is -0.206. The van der Waals surface area contributed by atoms with Crippen LogP contribution in [0, 0.1) is 6.92 Å². The third kappa shape index (κ3) is 3.55. The van der Waals surface area contributed by atoms with E-state index < -0.39 is 0 Å². The second-order valence-corrected chi connectivity index (χ2v) is 6.30. The number of carbonyl (C=O) groups excluding carboxylic acids is 1. The zero-order valence-corrected chi connectivity index (χ0v) is 14.6. The Morgan fingerprint density at radius 3 is 2.74 bits per heavy atom. The largest absolute Gasteiger partial charge is 0.349 e. The van der Waals surface area contributed by atoms with Crippen LogP contribution < -0.4 is 11.1 Å². The van der Waals surface area contributed by atoms with Gasteiger partial charge in [-0.15, -0.1) is 23.7 Å². The molecule has 1 aromatic carbocycles. The molecule has 3 aromatic rings. The van der Waals surface area contributed by atoms with Crippen LogP contribution in [0.2, 0.25) is 0 Å². The molecule has 0 saturated carbocycles. The fourth-order valence-electron chi connectivity index (χ4n) is 2.43. The van der Waals surface area contributed by atoms with E-state index in [9.17, 15) is 4.79 Å². The van der Waals surface area contributed by atoms with Gasteiger partial charge in [0.2, 0.25) is 0 Å². The van der Waals surface area contributed by atoms with Crippen LogP contribution in [0.3, 0.4) is 0 Å². The van der Waals surface area contributed by atoms with Gasteiger partial charge in [-0.3, -0.25) is 9.48 Å². The molecule has 2 heterocycles. The summed E-state index contributed by atoms with van der Waals surface area (Å²) in [5, 5.41) is 8.28. The number of nitrogens with zero attached hydrogens (tertiary/aromatic N) is 2. The van der Waals surface area contributed by atoms with Crippen molar-refractivity contribution in [3.05, 3.63) is 52.5 Å². The fourth-order valence-corrected chi connectivity index (χ4v) is 3.46. The van der Waals surface area contributed by atoms with Gasteiger partial charge in [-0.2, -0.15) is 5.10 Å². The Bertz CT molecular complexity index is 778. The molecule has 3 rings (SSSR count). The maximum absolute atomic E-state index is 12.3. The summed E-state index contributed by atoms with van der Waals surface area (Å²) in [5.41, 5.74) is 8.05. The third-order valence-electron chi connectivity index (χ3n) is 3.63. The monoisotopic (exact) mass is 350 g/mol. The normalized spacial score (nSPS) is 12.0. The molecule has 1 amide bonds. The maximum atomic E-state index is 12.3. The molecule has 122 valence electrons. The number of nitrogens with one attached hydrogen (secondary N) is 1. The number of thiophene rings is 1. The molecule has 0 aliphatic carbocycles. The summed E-state index contributed by atoms with van der Waals surface area (Å²) < 4.78 is 1.81. The number of amides is 1. The van der Waals surface area contributed by atoms with E-state index >= 15 is 0 Å². The molecule has 0 fully saturated rings. The molecule has 0 radical (unpaired) electrons. The predicted molar refractivity (Wildman–Crippen MR) is 96.3 cm³/mol. The van der Waals surface area contributed by atoms with Crippen LogP contribution in [0.4, 0.5) is 0 Å². The van der Waals surface area contributed by atoms with Crippen molar-refractivity contribution in [1.82, 2.24) is 15.1 Å². The summed E-state index contributed by atoms with van der Waals surface area (Å²) in [5.74, 6) is -0.0908. The van der Waals surface area contributed by atoms with Crippen LogP contribution in [0.1, 0.15) is 27.0 Å². The fraction of sp³-hybridized carbons (Fsp3) is 0.250. The van der Waals surface area contributed by atoms with Gasteiger partial charge in [-0.05, 0) is 18.6 Å². The van der Waals surface area contributed by atoms with Crippen molar-refractivity contribution in [2.45, 2.75) is 13.0 Å².